The maximum atomic E-state index is 11.1. The molecule has 0 heterocycles. The van der Waals surface area contributed by atoms with Gasteiger partial charge in [-0.1, -0.05) is 72.1 Å². The summed E-state index contributed by atoms with van der Waals surface area (Å²) in [6.45, 7) is 2.51. The van der Waals surface area contributed by atoms with Gasteiger partial charge in [-0.05, 0) is 0 Å². The van der Waals surface area contributed by atoms with Crippen molar-refractivity contribution < 1.29 is 19.1 Å². The summed E-state index contributed by atoms with van der Waals surface area (Å²) >= 11 is 10.2. The molecule has 0 unspecified atom stereocenters. The van der Waals surface area contributed by atoms with Gasteiger partial charge in [0, 0.05) is 25.0 Å². The molecule has 0 bridgehead atoms. The normalized spacial score (nSPS) is 11.3. The summed E-state index contributed by atoms with van der Waals surface area (Å²) in [4.78, 5) is 22.2. The van der Waals surface area contributed by atoms with Crippen LogP contribution in [0, 0.1) is 0 Å². The van der Waals surface area contributed by atoms with Crippen LogP contribution in [0.4, 0.5) is 0 Å². The fourth-order valence-electron chi connectivity index (χ4n) is 1.41. The predicted molar refractivity (Wildman–Crippen MR) is 81.2 cm³/mol. The fraction of sp³-hybridized carbons (Fsp3) is 0.333. The Kier molecular flexibility index (Phi) is 6.01. The molecule has 4 nitrogen and oxygen atoms in total. The van der Waals surface area contributed by atoms with Gasteiger partial charge < -0.3 is 9.47 Å². The van der Waals surface area contributed by atoms with Crippen molar-refractivity contribution in [1.29, 1.82) is 0 Å². The van der Waals surface area contributed by atoms with Crippen LogP contribution in [0.25, 0.3) is 0 Å². The standard InChI is InChI=1S/C12H11Br3O4/c1-7(16)18-11(19-8(2)17)9-5-3-4-6-10(9)12(13,14)15/h3-6,11H,1-2H3. The third kappa shape index (κ3) is 5.24. The van der Waals surface area contributed by atoms with Crippen LogP contribution >= 0.6 is 47.8 Å². The molecule has 0 aromatic heterocycles. The van der Waals surface area contributed by atoms with Crippen LogP contribution in [0.1, 0.15) is 31.3 Å². The van der Waals surface area contributed by atoms with Crippen molar-refractivity contribution in [2.24, 2.45) is 0 Å². The van der Waals surface area contributed by atoms with E-state index in [4.69, 9.17) is 9.47 Å². The number of hydrogen-bond acceptors (Lipinski definition) is 4. The number of ether oxygens (including phenoxy) is 2. The molecular weight excluding hydrogens is 448 g/mol. The number of halogens is 3. The molecule has 0 N–H and O–H groups in total. The smallest absolute Gasteiger partial charge is 0.305 e. The van der Waals surface area contributed by atoms with E-state index in [2.05, 4.69) is 47.8 Å². The molecule has 7 heteroatoms. The molecule has 104 valence electrons. The van der Waals surface area contributed by atoms with Gasteiger partial charge in [0.15, 0.2) is 2.14 Å². The van der Waals surface area contributed by atoms with Crippen molar-refractivity contribution in [2.45, 2.75) is 22.3 Å². The summed E-state index contributed by atoms with van der Waals surface area (Å²) in [7, 11) is 0. The van der Waals surface area contributed by atoms with Crippen LogP contribution < -0.4 is 0 Å². The number of alkyl halides is 3. The number of carbonyl (C=O) groups is 2. The monoisotopic (exact) mass is 456 g/mol. The topological polar surface area (TPSA) is 52.6 Å². The minimum absolute atomic E-state index is 0.537. The Morgan fingerprint density at radius 2 is 1.53 bits per heavy atom. The molecule has 0 saturated carbocycles. The Balaban J connectivity index is 3.21. The second-order valence-electron chi connectivity index (χ2n) is 3.64. The van der Waals surface area contributed by atoms with Crippen LogP contribution in [-0.2, 0) is 21.2 Å². The summed E-state index contributed by atoms with van der Waals surface area (Å²) in [5.74, 6) is -1.07. The predicted octanol–water partition coefficient (Wildman–Crippen LogP) is 4.11. The van der Waals surface area contributed by atoms with Gasteiger partial charge in [0.25, 0.3) is 6.29 Å². The molecule has 0 aliphatic carbocycles. The number of rotatable bonds is 3. The molecule has 1 rings (SSSR count). The first-order chi connectivity index (χ1) is 8.71. The zero-order valence-electron chi connectivity index (χ0n) is 10.2. The number of hydrogen-bond donors (Lipinski definition) is 0. The fourth-order valence-corrected chi connectivity index (χ4v) is 2.50. The van der Waals surface area contributed by atoms with Crippen LogP contribution in [0.15, 0.2) is 24.3 Å². The third-order valence-corrected chi connectivity index (χ3v) is 3.35. The summed E-state index contributed by atoms with van der Waals surface area (Å²) in [5.41, 5.74) is 1.28. The Labute approximate surface area is 136 Å². The number of esters is 2. The Morgan fingerprint density at radius 3 is 1.95 bits per heavy atom. The SMILES string of the molecule is CC(=O)OC(OC(C)=O)c1ccccc1C(Br)(Br)Br. The van der Waals surface area contributed by atoms with Gasteiger partial charge in [0.05, 0.1) is 0 Å². The van der Waals surface area contributed by atoms with Crippen molar-refractivity contribution in [3.8, 4) is 0 Å². The molecule has 19 heavy (non-hydrogen) atoms. The third-order valence-electron chi connectivity index (χ3n) is 2.07. The van der Waals surface area contributed by atoms with E-state index in [0.29, 0.717) is 5.56 Å². The van der Waals surface area contributed by atoms with Crippen molar-refractivity contribution >= 4 is 59.7 Å². The lowest BCUT2D eigenvalue weighted by Gasteiger charge is -2.23. The molecule has 0 aliphatic heterocycles. The van der Waals surface area contributed by atoms with Gasteiger partial charge in [-0.25, -0.2) is 0 Å². The first kappa shape index (κ1) is 16.7. The summed E-state index contributed by atoms with van der Waals surface area (Å²) in [6, 6.07) is 7.09. The summed E-state index contributed by atoms with van der Waals surface area (Å²) in [5, 5.41) is 0. The van der Waals surface area contributed by atoms with Crippen LogP contribution in [0.2, 0.25) is 0 Å². The van der Waals surface area contributed by atoms with Crippen LogP contribution in [0.5, 0.6) is 0 Å². The molecule has 0 radical (unpaired) electrons. The number of benzene rings is 1. The largest absolute Gasteiger partial charge is 0.421 e. The molecule has 1 aromatic carbocycles. The maximum absolute atomic E-state index is 11.1. The average Bonchev–Trinajstić information content (AvgIpc) is 2.25. The summed E-state index contributed by atoms with van der Waals surface area (Å²) in [6.07, 6.45) is -1.08. The van der Waals surface area contributed by atoms with Gasteiger partial charge in [0.2, 0.25) is 0 Å². The minimum Gasteiger partial charge on any atom is -0.421 e. The summed E-state index contributed by atoms with van der Waals surface area (Å²) < 4.78 is 9.37. The highest BCUT2D eigenvalue weighted by molar-refractivity contribution is 9.38. The van der Waals surface area contributed by atoms with Crippen molar-refractivity contribution in [2.75, 3.05) is 0 Å². The second-order valence-corrected chi connectivity index (χ2v) is 10.4. The lowest BCUT2D eigenvalue weighted by atomic mass is 10.1. The molecular formula is C12H11Br3O4. The van der Waals surface area contributed by atoms with Crippen molar-refractivity contribution in [1.82, 2.24) is 0 Å². The highest BCUT2D eigenvalue weighted by Gasteiger charge is 2.30. The highest BCUT2D eigenvalue weighted by atomic mass is 80.0. The molecule has 0 spiro atoms. The van der Waals surface area contributed by atoms with Gasteiger partial charge in [-0.15, -0.1) is 0 Å². The van der Waals surface area contributed by atoms with E-state index in [-0.39, 0.29) is 0 Å². The zero-order valence-corrected chi connectivity index (χ0v) is 14.9. The van der Waals surface area contributed by atoms with E-state index in [1.807, 2.05) is 6.07 Å². The minimum atomic E-state index is -1.08. The molecule has 0 fully saturated rings. The Hall–Kier alpha value is -0.400. The first-order valence-corrected chi connectivity index (χ1v) is 7.60. The molecule has 0 saturated heterocycles. The second kappa shape index (κ2) is 6.85. The lowest BCUT2D eigenvalue weighted by Crippen LogP contribution is -2.18. The van der Waals surface area contributed by atoms with E-state index in [9.17, 15) is 9.59 Å². The van der Waals surface area contributed by atoms with Gasteiger partial charge >= 0.3 is 11.9 Å². The zero-order chi connectivity index (χ0) is 14.6. The lowest BCUT2D eigenvalue weighted by molar-refractivity contribution is -0.186. The maximum Gasteiger partial charge on any atom is 0.305 e. The average molecular weight is 459 g/mol. The van der Waals surface area contributed by atoms with E-state index < -0.39 is 20.4 Å². The number of carbonyl (C=O) groups excluding carboxylic acids is 2. The highest BCUT2D eigenvalue weighted by Crippen LogP contribution is 2.47. The van der Waals surface area contributed by atoms with Gasteiger partial charge in [-0.3, -0.25) is 9.59 Å². The van der Waals surface area contributed by atoms with Crippen molar-refractivity contribution in [3.63, 3.8) is 0 Å². The molecule has 1 aromatic rings. The molecule has 0 aliphatic rings. The van der Waals surface area contributed by atoms with Crippen LogP contribution in [-0.4, -0.2) is 11.9 Å². The van der Waals surface area contributed by atoms with Crippen LogP contribution in [0.3, 0.4) is 0 Å². The van der Waals surface area contributed by atoms with E-state index >= 15 is 0 Å². The Bertz CT molecular complexity index is 466. The molecule has 0 amide bonds. The van der Waals surface area contributed by atoms with Gasteiger partial charge in [0.1, 0.15) is 0 Å². The van der Waals surface area contributed by atoms with E-state index in [1.54, 1.807) is 18.2 Å². The Morgan fingerprint density at radius 1 is 1.05 bits per heavy atom. The van der Waals surface area contributed by atoms with Gasteiger partial charge in [-0.2, -0.15) is 0 Å². The van der Waals surface area contributed by atoms with E-state index in [1.165, 1.54) is 13.8 Å². The van der Waals surface area contributed by atoms with Crippen molar-refractivity contribution in [3.05, 3.63) is 35.4 Å². The quantitative estimate of drug-likeness (QED) is 0.388. The first-order valence-electron chi connectivity index (χ1n) is 5.22. The molecule has 0 atom stereocenters. The van der Waals surface area contributed by atoms with E-state index in [0.717, 1.165) is 5.56 Å².